The van der Waals surface area contributed by atoms with Crippen LogP contribution >= 0.6 is 0 Å². The minimum atomic E-state index is -0.802. The third-order valence-electron chi connectivity index (χ3n) is 3.47. The van der Waals surface area contributed by atoms with Crippen molar-refractivity contribution < 1.29 is 9.53 Å². The Morgan fingerprint density at radius 1 is 1.32 bits per heavy atom. The molecule has 0 aromatic heterocycles. The zero-order valence-electron chi connectivity index (χ0n) is 14.2. The molecule has 22 heavy (non-hydrogen) atoms. The molecule has 0 bridgehead atoms. The fraction of sp³-hybridized carbons (Fsp3) is 0.588. The van der Waals surface area contributed by atoms with Crippen LogP contribution in [0.25, 0.3) is 0 Å². The molecule has 1 aromatic rings. The maximum atomic E-state index is 12.0. The number of hydrogen-bond acceptors (Lipinski definition) is 4. The van der Waals surface area contributed by atoms with E-state index in [1.54, 1.807) is 6.92 Å². The molecule has 0 saturated carbocycles. The second-order valence-corrected chi connectivity index (χ2v) is 6.15. The zero-order valence-corrected chi connectivity index (χ0v) is 14.2. The Bertz CT molecular complexity index is 455. The quantitative estimate of drug-likeness (QED) is 0.729. The SMILES string of the molecule is CCCC(C)(N)C(=O)NCc1ccc(OCCN(C)C)cc1. The minimum Gasteiger partial charge on any atom is -0.492 e. The lowest BCUT2D eigenvalue weighted by atomic mass is 9.96. The third-order valence-corrected chi connectivity index (χ3v) is 3.47. The lowest BCUT2D eigenvalue weighted by Gasteiger charge is -2.22. The fourth-order valence-electron chi connectivity index (χ4n) is 2.07. The number of amides is 1. The Morgan fingerprint density at radius 2 is 1.95 bits per heavy atom. The topological polar surface area (TPSA) is 67.6 Å². The molecule has 1 atom stereocenters. The number of nitrogens with two attached hydrogens (primary N) is 1. The summed E-state index contributed by atoms with van der Waals surface area (Å²) in [5.74, 6) is 0.729. The van der Waals surface area contributed by atoms with Crippen molar-refractivity contribution in [1.82, 2.24) is 10.2 Å². The van der Waals surface area contributed by atoms with E-state index in [-0.39, 0.29) is 5.91 Å². The molecule has 3 N–H and O–H groups in total. The van der Waals surface area contributed by atoms with Gasteiger partial charge in [0.2, 0.25) is 5.91 Å². The highest BCUT2D eigenvalue weighted by Gasteiger charge is 2.26. The van der Waals surface area contributed by atoms with Crippen LogP contribution in [0.3, 0.4) is 0 Å². The monoisotopic (exact) mass is 307 g/mol. The predicted octanol–water partition coefficient (Wildman–Crippen LogP) is 1.76. The van der Waals surface area contributed by atoms with E-state index < -0.39 is 5.54 Å². The van der Waals surface area contributed by atoms with Gasteiger partial charge in [-0.2, -0.15) is 0 Å². The Kier molecular flexibility index (Phi) is 7.35. The fourth-order valence-corrected chi connectivity index (χ4v) is 2.07. The first-order chi connectivity index (χ1) is 10.3. The molecule has 5 heteroatoms. The molecule has 0 heterocycles. The van der Waals surface area contributed by atoms with Gasteiger partial charge in [0.15, 0.2) is 0 Å². The molecule has 0 radical (unpaired) electrons. The van der Waals surface area contributed by atoms with Crippen LogP contribution in [-0.4, -0.2) is 43.6 Å². The summed E-state index contributed by atoms with van der Waals surface area (Å²) in [6, 6.07) is 7.76. The van der Waals surface area contributed by atoms with E-state index in [1.165, 1.54) is 0 Å². The Labute approximate surface area is 133 Å². The summed E-state index contributed by atoms with van der Waals surface area (Å²) >= 11 is 0. The van der Waals surface area contributed by atoms with Crippen molar-refractivity contribution in [3.05, 3.63) is 29.8 Å². The molecule has 0 aliphatic rings. The van der Waals surface area contributed by atoms with Crippen molar-refractivity contribution in [1.29, 1.82) is 0 Å². The predicted molar refractivity (Wildman–Crippen MR) is 89.8 cm³/mol. The number of benzene rings is 1. The standard InChI is InChI=1S/C17H29N3O2/c1-5-10-17(2,18)16(21)19-13-14-6-8-15(9-7-14)22-12-11-20(3)4/h6-9H,5,10-13,18H2,1-4H3,(H,19,21). The second-order valence-electron chi connectivity index (χ2n) is 6.15. The smallest absolute Gasteiger partial charge is 0.240 e. The summed E-state index contributed by atoms with van der Waals surface area (Å²) in [6.07, 6.45) is 1.57. The van der Waals surface area contributed by atoms with Crippen LogP contribution in [0.4, 0.5) is 0 Å². The molecule has 0 saturated heterocycles. The van der Waals surface area contributed by atoms with E-state index >= 15 is 0 Å². The molecule has 0 aliphatic heterocycles. The number of carbonyl (C=O) groups excluding carboxylic acids is 1. The molecular weight excluding hydrogens is 278 g/mol. The molecule has 0 spiro atoms. The molecule has 1 amide bonds. The van der Waals surface area contributed by atoms with Gasteiger partial charge in [0.05, 0.1) is 5.54 Å². The van der Waals surface area contributed by atoms with E-state index in [1.807, 2.05) is 45.3 Å². The van der Waals surface area contributed by atoms with Crippen molar-refractivity contribution in [3.8, 4) is 5.75 Å². The van der Waals surface area contributed by atoms with Crippen LogP contribution in [0.15, 0.2) is 24.3 Å². The summed E-state index contributed by atoms with van der Waals surface area (Å²) in [5.41, 5.74) is 6.23. The van der Waals surface area contributed by atoms with Crippen molar-refractivity contribution in [2.24, 2.45) is 5.73 Å². The number of rotatable bonds is 9. The average molecular weight is 307 g/mol. The lowest BCUT2D eigenvalue weighted by Crippen LogP contribution is -2.51. The molecule has 1 unspecified atom stereocenters. The summed E-state index contributed by atoms with van der Waals surface area (Å²) in [7, 11) is 4.03. The minimum absolute atomic E-state index is 0.111. The van der Waals surface area contributed by atoms with Crippen LogP contribution in [0.2, 0.25) is 0 Å². The highest BCUT2D eigenvalue weighted by atomic mass is 16.5. The van der Waals surface area contributed by atoms with Gasteiger partial charge in [0.25, 0.3) is 0 Å². The largest absolute Gasteiger partial charge is 0.492 e. The highest BCUT2D eigenvalue weighted by molar-refractivity contribution is 5.85. The van der Waals surface area contributed by atoms with Crippen LogP contribution in [-0.2, 0) is 11.3 Å². The first kappa shape index (κ1) is 18.5. The van der Waals surface area contributed by atoms with Gasteiger partial charge in [0, 0.05) is 13.1 Å². The molecule has 124 valence electrons. The first-order valence-corrected chi connectivity index (χ1v) is 7.79. The third kappa shape index (κ3) is 6.45. The van der Waals surface area contributed by atoms with Gasteiger partial charge in [0.1, 0.15) is 12.4 Å². The van der Waals surface area contributed by atoms with E-state index in [9.17, 15) is 4.79 Å². The number of ether oxygens (including phenoxy) is 1. The number of nitrogens with zero attached hydrogens (tertiary/aromatic N) is 1. The zero-order chi connectivity index (χ0) is 16.6. The molecule has 1 aromatic carbocycles. The van der Waals surface area contributed by atoms with Crippen molar-refractivity contribution in [3.63, 3.8) is 0 Å². The van der Waals surface area contributed by atoms with Gasteiger partial charge < -0.3 is 20.7 Å². The number of carbonyl (C=O) groups is 1. The van der Waals surface area contributed by atoms with E-state index in [2.05, 4.69) is 10.2 Å². The number of likely N-dealkylation sites (N-methyl/N-ethyl adjacent to an activating group) is 1. The van der Waals surface area contributed by atoms with Crippen LogP contribution in [0.5, 0.6) is 5.75 Å². The number of nitrogens with one attached hydrogen (secondary N) is 1. The molecule has 5 nitrogen and oxygen atoms in total. The average Bonchev–Trinajstić information content (AvgIpc) is 2.45. The van der Waals surface area contributed by atoms with Crippen LogP contribution in [0.1, 0.15) is 32.3 Å². The van der Waals surface area contributed by atoms with Crippen LogP contribution in [0, 0.1) is 0 Å². The Balaban J connectivity index is 2.43. The Hall–Kier alpha value is -1.59. The van der Waals surface area contributed by atoms with Gasteiger partial charge >= 0.3 is 0 Å². The van der Waals surface area contributed by atoms with Crippen molar-refractivity contribution >= 4 is 5.91 Å². The van der Waals surface area contributed by atoms with E-state index in [0.29, 0.717) is 19.6 Å². The summed E-state index contributed by atoms with van der Waals surface area (Å²) in [6.45, 7) is 5.81. The van der Waals surface area contributed by atoms with Gasteiger partial charge in [-0.3, -0.25) is 4.79 Å². The normalized spacial score (nSPS) is 13.7. The van der Waals surface area contributed by atoms with E-state index in [0.717, 1.165) is 24.3 Å². The van der Waals surface area contributed by atoms with Gasteiger partial charge in [-0.25, -0.2) is 0 Å². The molecule has 1 rings (SSSR count). The van der Waals surface area contributed by atoms with Crippen molar-refractivity contribution in [2.45, 2.75) is 38.8 Å². The molecule has 0 aliphatic carbocycles. The summed E-state index contributed by atoms with van der Waals surface area (Å²) in [4.78, 5) is 14.1. The second kappa shape index (κ2) is 8.76. The Morgan fingerprint density at radius 3 is 2.50 bits per heavy atom. The van der Waals surface area contributed by atoms with Gasteiger partial charge in [-0.15, -0.1) is 0 Å². The highest BCUT2D eigenvalue weighted by Crippen LogP contribution is 2.13. The van der Waals surface area contributed by atoms with Crippen molar-refractivity contribution in [2.75, 3.05) is 27.2 Å². The maximum absolute atomic E-state index is 12.0. The van der Waals surface area contributed by atoms with Gasteiger partial charge in [-0.05, 0) is 45.1 Å². The maximum Gasteiger partial charge on any atom is 0.240 e. The lowest BCUT2D eigenvalue weighted by molar-refractivity contribution is -0.126. The molecule has 0 fully saturated rings. The number of hydrogen-bond donors (Lipinski definition) is 2. The summed E-state index contributed by atoms with van der Waals surface area (Å²) in [5, 5.41) is 2.89. The summed E-state index contributed by atoms with van der Waals surface area (Å²) < 4.78 is 5.63. The van der Waals surface area contributed by atoms with Gasteiger partial charge in [-0.1, -0.05) is 25.5 Å². The molecular formula is C17H29N3O2. The van der Waals surface area contributed by atoms with E-state index in [4.69, 9.17) is 10.5 Å². The first-order valence-electron chi connectivity index (χ1n) is 7.79. The van der Waals surface area contributed by atoms with Crippen LogP contribution < -0.4 is 15.8 Å².